The molecule has 0 radical (unpaired) electrons. The molecule has 1 unspecified atom stereocenters. The van der Waals surface area contributed by atoms with Gasteiger partial charge in [0.1, 0.15) is 23.4 Å². The molecule has 1 aliphatic heterocycles. The van der Waals surface area contributed by atoms with Crippen molar-refractivity contribution in [3.63, 3.8) is 0 Å². The van der Waals surface area contributed by atoms with Crippen LogP contribution in [0.25, 0.3) is 11.4 Å². The number of phenolic OH excluding ortho intramolecular Hbond substituents is 1. The van der Waals surface area contributed by atoms with Gasteiger partial charge in [-0.25, -0.2) is 9.37 Å². The maximum absolute atomic E-state index is 14.0. The number of hydrogen-bond acceptors (Lipinski definition) is 5. The fraction of sp³-hybridized carbons (Fsp3) is 0.200. The highest BCUT2D eigenvalue weighted by Gasteiger charge is 2.45. The van der Waals surface area contributed by atoms with Crippen LogP contribution in [0, 0.1) is 17.1 Å². The Labute approximate surface area is 235 Å². The summed E-state index contributed by atoms with van der Waals surface area (Å²) in [4.78, 5) is 34.3. The van der Waals surface area contributed by atoms with E-state index in [1.807, 2.05) is 18.4 Å². The number of aromatic hydroxyl groups is 1. The van der Waals surface area contributed by atoms with Crippen LogP contribution in [0.15, 0.2) is 60.7 Å². The van der Waals surface area contributed by atoms with Crippen LogP contribution >= 0.6 is 11.6 Å². The molecule has 0 aliphatic carbocycles. The Balaban J connectivity index is 1.77. The van der Waals surface area contributed by atoms with Gasteiger partial charge in [0.25, 0.3) is 11.8 Å². The number of fused-ring (bicyclic) bond motifs is 1. The zero-order valence-corrected chi connectivity index (χ0v) is 22.9. The van der Waals surface area contributed by atoms with Gasteiger partial charge in [-0.15, -0.1) is 0 Å². The Kier molecular flexibility index (Phi) is 6.82. The zero-order chi connectivity index (χ0) is 28.9. The minimum Gasteiger partial charge on any atom is -0.507 e. The molecule has 40 heavy (non-hydrogen) atoms. The van der Waals surface area contributed by atoms with E-state index in [1.165, 1.54) is 40.1 Å². The van der Waals surface area contributed by atoms with Gasteiger partial charge in [0.15, 0.2) is 5.69 Å². The average molecular weight is 558 g/mol. The van der Waals surface area contributed by atoms with E-state index in [0.29, 0.717) is 39.5 Å². The van der Waals surface area contributed by atoms with Crippen molar-refractivity contribution in [1.82, 2.24) is 14.5 Å². The van der Waals surface area contributed by atoms with Crippen molar-refractivity contribution in [1.29, 1.82) is 5.26 Å². The molecule has 10 heteroatoms. The van der Waals surface area contributed by atoms with Crippen LogP contribution in [0.2, 0.25) is 5.02 Å². The van der Waals surface area contributed by atoms with E-state index in [0.717, 1.165) is 0 Å². The lowest BCUT2D eigenvalue weighted by atomic mass is 10.0. The molecule has 1 N–H and O–H groups in total. The molecular weight excluding hydrogens is 533 g/mol. The number of rotatable bonds is 5. The molecule has 3 aromatic carbocycles. The molecule has 0 fully saturated rings. The first-order valence-electron chi connectivity index (χ1n) is 12.5. The molecule has 0 saturated heterocycles. The number of carbonyl (C=O) groups excluding carboxylic acids is 2. The van der Waals surface area contributed by atoms with Crippen LogP contribution in [0.3, 0.4) is 0 Å². The molecule has 5 rings (SSSR count). The number of carbonyl (C=O) groups is 2. The Morgan fingerprint density at radius 2 is 1.82 bits per heavy atom. The first-order valence-corrected chi connectivity index (χ1v) is 12.9. The number of anilines is 1. The molecule has 1 aromatic heterocycles. The lowest BCUT2D eigenvalue weighted by Crippen LogP contribution is -2.30. The fourth-order valence-corrected chi connectivity index (χ4v) is 5.16. The molecular formula is C30H25ClFN5O3. The molecule has 2 heterocycles. The summed E-state index contributed by atoms with van der Waals surface area (Å²) in [5, 5.41) is 20.0. The zero-order valence-electron chi connectivity index (χ0n) is 22.2. The number of nitrogens with zero attached hydrogens (tertiary/aromatic N) is 5. The summed E-state index contributed by atoms with van der Waals surface area (Å²) in [5.41, 5.74) is 2.90. The number of amides is 2. The molecule has 1 atom stereocenters. The van der Waals surface area contributed by atoms with Crippen LogP contribution in [0.4, 0.5) is 10.1 Å². The molecule has 4 aromatic rings. The van der Waals surface area contributed by atoms with E-state index in [2.05, 4.69) is 6.07 Å². The number of imidazole rings is 1. The van der Waals surface area contributed by atoms with Crippen LogP contribution in [0.5, 0.6) is 5.75 Å². The smallest absolute Gasteiger partial charge is 0.279 e. The number of nitriles is 1. The highest BCUT2D eigenvalue weighted by molar-refractivity contribution is 6.31. The SMILES string of the molecule is CC(C)n1c(-c2cc(C(=O)N(C)C)ccc2O)nc2c1C(c1ccc(C#N)cc1)N(c1ccc(F)c(Cl)c1)C2=O. The number of aromatic nitrogens is 2. The summed E-state index contributed by atoms with van der Waals surface area (Å²) >= 11 is 6.10. The molecule has 0 spiro atoms. The Hall–Kier alpha value is -4.68. The van der Waals surface area contributed by atoms with Crippen molar-refractivity contribution in [2.45, 2.75) is 25.9 Å². The van der Waals surface area contributed by atoms with Gasteiger partial charge in [-0.05, 0) is 67.9 Å². The van der Waals surface area contributed by atoms with Crippen molar-refractivity contribution in [2.75, 3.05) is 19.0 Å². The van der Waals surface area contributed by atoms with Gasteiger partial charge in [0.05, 0.1) is 27.9 Å². The van der Waals surface area contributed by atoms with Crippen molar-refractivity contribution in [3.8, 4) is 23.2 Å². The average Bonchev–Trinajstić information content (AvgIpc) is 3.45. The molecule has 0 saturated carbocycles. The van der Waals surface area contributed by atoms with Gasteiger partial charge in [-0.3, -0.25) is 14.5 Å². The Bertz CT molecular complexity index is 1710. The van der Waals surface area contributed by atoms with E-state index in [4.69, 9.17) is 16.6 Å². The van der Waals surface area contributed by atoms with Crippen molar-refractivity contribution >= 4 is 29.1 Å². The monoisotopic (exact) mass is 557 g/mol. The fourth-order valence-electron chi connectivity index (χ4n) is 4.98. The topological polar surface area (TPSA) is 102 Å². The third-order valence-corrected chi connectivity index (χ3v) is 7.12. The summed E-state index contributed by atoms with van der Waals surface area (Å²) in [6.45, 7) is 3.85. The number of phenols is 1. The van der Waals surface area contributed by atoms with Gasteiger partial charge >= 0.3 is 0 Å². The van der Waals surface area contributed by atoms with Gasteiger partial charge in [-0.1, -0.05) is 23.7 Å². The highest BCUT2D eigenvalue weighted by atomic mass is 35.5. The second kappa shape index (κ2) is 10.1. The molecule has 1 aliphatic rings. The van der Waals surface area contributed by atoms with E-state index in [1.54, 1.807) is 44.4 Å². The number of halogens is 2. The quantitative estimate of drug-likeness (QED) is 0.326. The first-order chi connectivity index (χ1) is 19.0. The lowest BCUT2D eigenvalue weighted by Gasteiger charge is -2.28. The minimum atomic E-state index is -0.700. The first kappa shape index (κ1) is 26.9. The van der Waals surface area contributed by atoms with Gasteiger partial charge in [0.2, 0.25) is 0 Å². The third kappa shape index (κ3) is 4.36. The predicted octanol–water partition coefficient (Wildman–Crippen LogP) is 5.95. The van der Waals surface area contributed by atoms with Crippen molar-refractivity contribution in [2.24, 2.45) is 0 Å². The van der Waals surface area contributed by atoms with Crippen LogP contribution in [-0.2, 0) is 0 Å². The van der Waals surface area contributed by atoms with Crippen molar-refractivity contribution < 1.29 is 19.1 Å². The summed E-state index contributed by atoms with van der Waals surface area (Å²) in [5.74, 6) is -1.06. The summed E-state index contributed by atoms with van der Waals surface area (Å²) < 4.78 is 15.9. The Morgan fingerprint density at radius 3 is 2.42 bits per heavy atom. The summed E-state index contributed by atoms with van der Waals surface area (Å²) in [6, 6.07) is 16.6. The van der Waals surface area contributed by atoms with E-state index < -0.39 is 17.8 Å². The van der Waals surface area contributed by atoms with Crippen LogP contribution in [-0.4, -0.2) is 45.5 Å². The van der Waals surface area contributed by atoms with E-state index in [9.17, 15) is 24.3 Å². The van der Waals surface area contributed by atoms with Gasteiger partial charge in [-0.2, -0.15) is 5.26 Å². The van der Waals surface area contributed by atoms with Gasteiger partial charge < -0.3 is 14.6 Å². The molecule has 202 valence electrons. The molecule has 2 amide bonds. The van der Waals surface area contributed by atoms with E-state index >= 15 is 0 Å². The second-order valence-corrected chi connectivity index (χ2v) is 10.4. The van der Waals surface area contributed by atoms with Crippen molar-refractivity contribution in [3.05, 3.63) is 99.6 Å². The van der Waals surface area contributed by atoms with Crippen LogP contribution < -0.4 is 4.90 Å². The van der Waals surface area contributed by atoms with Gasteiger partial charge in [0, 0.05) is 31.4 Å². The van der Waals surface area contributed by atoms with Crippen LogP contribution in [0.1, 0.15) is 63.6 Å². The molecule has 0 bridgehead atoms. The minimum absolute atomic E-state index is 0.0922. The maximum atomic E-state index is 14.0. The molecule has 8 nitrogen and oxygen atoms in total. The maximum Gasteiger partial charge on any atom is 0.279 e. The van der Waals surface area contributed by atoms with E-state index in [-0.39, 0.29) is 28.4 Å². The Morgan fingerprint density at radius 1 is 1.12 bits per heavy atom. The largest absolute Gasteiger partial charge is 0.507 e. The lowest BCUT2D eigenvalue weighted by molar-refractivity contribution is 0.0827. The summed E-state index contributed by atoms with van der Waals surface area (Å²) in [7, 11) is 3.27. The second-order valence-electron chi connectivity index (χ2n) is 9.97. The summed E-state index contributed by atoms with van der Waals surface area (Å²) in [6.07, 6.45) is 0. The standard InChI is InChI=1S/C30H25ClFN5O3/c1-16(2)36-27-25(34-28(36)21-13-19(9-12-24(21)38)29(39)35(3)4)30(40)37(20-10-11-23(32)22(31)14-20)26(27)18-7-5-17(15-33)6-8-18/h5-14,16,26,38H,1-4H3. The number of benzene rings is 3. The highest BCUT2D eigenvalue weighted by Crippen LogP contribution is 2.46. The third-order valence-electron chi connectivity index (χ3n) is 6.83. The predicted molar refractivity (Wildman–Crippen MR) is 149 cm³/mol. The normalized spacial score (nSPS) is 14.4. The number of hydrogen-bond donors (Lipinski definition) is 1.